The Hall–Kier alpha value is -2.34. The summed E-state index contributed by atoms with van der Waals surface area (Å²) in [6.07, 6.45) is 2.28. The molecule has 118 valence electrons. The van der Waals surface area contributed by atoms with Crippen LogP contribution in [0.4, 0.5) is 0 Å². The molecule has 0 radical (unpaired) electrons. The van der Waals surface area contributed by atoms with Gasteiger partial charge in [0.1, 0.15) is 0 Å². The standard InChI is InChI=1S/C23H26/c1-16-11-7-9-13-22(16)19(4)15-18(3)20(5)21(6)23-14-10-8-12-17(23)2/h7-15H,2H2,1,3-6H3/b19-15+,20-18+,23-21+. The van der Waals surface area contributed by atoms with E-state index >= 15 is 0 Å². The summed E-state index contributed by atoms with van der Waals surface area (Å²) in [5.41, 5.74) is 7.84. The van der Waals surface area contributed by atoms with Gasteiger partial charge in [-0.2, -0.15) is 0 Å². The Morgan fingerprint density at radius 3 is 2.13 bits per heavy atom. The first-order valence-corrected chi connectivity index (χ1v) is 8.09. The van der Waals surface area contributed by atoms with Crippen LogP contribution in [0.25, 0.3) is 17.7 Å². The second-order valence-electron chi connectivity index (χ2n) is 6.23. The Balaban J connectivity index is 2.52. The summed E-state index contributed by atoms with van der Waals surface area (Å²) in [5.74, 6) is 0. The molecule has 0 aliphatic rings. The first-order valence-electron chi connectivity index (χ1n) is 8.09. The van der Waals surface area contributed by atoms with Crippen molar-refractivity contribution in [3.63, 3.8) is 0 Å². The van der Waals surface area contributed by atoms with Gasteiger partial charge in [0.15, 0.2) is 0 Å². The van der Waals surface area contributed by atoms with E-state index in [1.807, 2.05) is 6.07 Å². The van der Waals surface area contributed by atoms with Crippen LogP contribution >= 0.6 is 0 Å². The molecule has 0 saturated heterocycles. The number of rotatable bonds is 3. The van der Waals surface area contributed by atoms with Gasteiger partial charge in [-0.15, -0.1) is 0 Å². The van der Waals surface area contributed by atoms with Crippen molar-refractivity contribution in [1.29, 1.82) is 0 Å². The van der Waals surface area contributed by atoms with Crippen LogP contribution in [0.5, 0.6) is 0 Å². The summed E-state index contributed by atoms with van der Waals surface area (Å²) in [5, 5.41) is 2.31. The summed E-state index contributed by atoms with van der Waals surface area (Å²) in [4.78, 5) is 0. The Morgan fingerprint density at radius 2 is 1.48 bits per heavy atom. The van der Waals surface area contributed by atoms with E-state index in [4.69, 9.17) is 0 Å². The first kappa shape index (κ1) is 17.0. The smallest absolute Gasteiger partial charge is 0.0158 e. The van der Waals surface area contributed by atoms with Crippen LogP contribution in [0.2, 0.25) is 0 Å². The van der Waals surface area contributed by atoms with E-state index in [1.165, 1.54) is 38.6 Å². The zero-order valence-electron chi connectivity index (χ0n) is 14.9. The monoisotopic (exact) mass is 302 g/mol. The number of hydrogen-bond acceptors (Lipinski definition) is 0. The van der Waals surface area contributed by atoms with Gasteiger partial charge in [-0.25, -0.2) is 0 Å². The fourth-order valence-electron chi connectivity index (χ4n) is 2.91. The second-order valence-corrected chi connectivity index (χ2v) is 6.23. The average Bonchev–Trinajstić information content (AvgIpc) is 2.54. The van der Waals surface area contributed by atoms with Crippen molar-refractivity contribution < 1.29 is 0 Å². The zero-order valence-corrected chi connectivity index (χ0v) is 14.9. The fraction of sp³-hybridized carbons (Fsp3) is 0.217. The molecule has 0 nitrogen and oxygen atoms in total. The third-order valence-corrected chi connectivity index (χ3v) is 4.58. The van der Waals surface area contributed by atoms with Gasteiger partial charge in [0.05, 0.1) is 0 Å². The number of aryl methyl sites for hydroxylation is 1. The highest BCUT2D eigenvalue weighted by Crippen LogP contribution is 2.22. The molecule has 0 fully saturated rings. The maximum Gasteiger partial charge on any atom is -0.0158 e. The normalized spacial score (nSPS) is 14.4. The third-order valence-electron chi connectivity index (χ3n) is 4.58. The predicted octanol–water partition coefficient (Wildman–Crippen LogP) is 5.02. The van der Waals surface area contributed by atoms with Crippen LogP contribution in [-0.4, -0.2) is 0 Å². The van der Waals surface area contributed by atoms with E-state index in [9.17, 15) is 0 Å². The summed E-state index contributed by atoms with van der Waals surface area (Å²) < 4.78 is 0. The Labute approximate surface area is 140 Å². The van der Waals surface area contributed by atoms with Crippen LogP contribution < -0.4 is 10.4 Å². The zero-order chi connectivity index (χ0) is 17.0. The van der Waals surface area contributed by atoms with Crippen LogP contribution in [0.3, 0.4) is 0 Å². The molecule has 0 N–H and O–H groups in total. The molecular weight excluding hydrogens is 276 g/mol. The average molecular weight is 302 g/mol. The molecule has 0 heterocycles. The Morgan fingerprint density at radius 1 is 0.870 bits per heavy atom. The van der Waals surface area contributed by atoms with Gasteiger partial charge in [0.25, 0.3) is 0 Å². The first-order chi connectivity index (χ1) is 10.9. The number of hydrogen-bond donors (Lipinski definition) is 0. The largest absolute Gasteiger partial charge is 0.0911 e. The highest BCUT2D eigenvalue weighted by molar-refractivity contribution is 5.72. The summed E-state index contributed by atoms with van der Waals surface area (Å²) in [7, 11) is 0. The lowest BCUT2D eigenvalue weighted by molar-refractivity contribution is 1.33. The van der Waals surface area contributed by atoms with Crippen molar-refractivity contribution in [3.05, 3.63) is 87.3 Å². The SMILES string of the molecule is C=c1cccc\c1=C(C)/C(C)=C(C)/C=C(\C)c1ccccc1C. The quantitative estimate of drug-likeness (QED) is 0.699. The van der Waals surface area contributed by atoms with Gasteiger partial charge in [-0.05, 0) is 78.5 Å². The third kappa shape index (κ3) is 3.90. The van der Waals surface area contributed by atoms with Gasteiger partial charge in [-0.1, -0.05) is 61.2 Å². The molecule has 0 heteroatoms. The molecule has 0 aliphatic carbocycles. The van der Waals surface area contributed by atoms with Crippen molar-refractivity contribution in [2.45, 2.75) is 34.6 Å². The lowest BCUT2D eigenvalue weighted by atomic mass is 9.96. The van der Waals surface area contributed by atoms with Crippen LogP contribution in [0.15, 0.2) is 65.8 Å². The molecule has 0 saturated carbocycles. The van der Waals surface area contributed by atoms with E-state index in [1.54, 1.807) is 0 Å². The fourth-order valence-corrected chi connectivity index (χ4v) is 2.91. The molecule has 0 atom stereocenters. The number of benzene rings is 2. The molecule has 0 aromatic heterocycles. The van der Waals surface area contributed by atoms with Gasteiger partial charge in [-0.3, -0.25) is 0 Å². The lowest BCUT2D eigenvalue weighted by Crippen LogP contribution is -2.24. The van der Waals surface area contributed by atoms with E-state index in [-0.39, 0.29) is 0 Å². The van der Waals surface area contributed by atoms with Gasteiger partial charge in [0.2, 0.25) is 0 Å². The highest BCUT2D eigenvalue weighted by Gasteiger charge is 2.03. The van der Waals surface area contributed by atoms with Gasteiger partial charge in [0, 0.05) is 0 Å². The Kier molecular flexibility index (Phi) is 5.39. The van der Waals surface area contributed by atoms with E-state index in [2.05, 4.69) is 89.7 Å². The van der Waals surface area contributed by atoms with Crippen LogP contribution in [-0.2, 0) is 0 Å². The van der Waals surface area contributed by atoms with Crippen molar-refractivity contribution in [2.24, 2.45) is 0 Å². The van der Waals surface area contributed by atoms with Gasteiger partial charge >= 0.3 is 0 Å². The topological polar surface area (TPSA) is 0 Å². The lowest BCUT2D eigenvalue weighted by Gasteiger charge is -2.09. The molecule has 0 amide bonds. The predicted molar refractivity (Wildman–Crippen MR) is 104 cm³/mol. The minimum Gasteiger partial charge on any atom is -0.0911 e. The van der Waals surface area contributed by atoms with Gasteiger partial charge < -0.3 is 0 Å². The highest BCUT2D eigenvalue weighted by atomic mass is 14.1. The maximum absolute atomic E-state index is 4.14. The molecular formula is C23H26. The molecule has 2 aromatic carbocycles. The molecule has 2 aromatic rings. The van der Waals surface area contributed by atoms with E-state index < -0.39 is 0 Å². The van der Waals surface area contributed by atoms with E-state index in [0.29, 0.717) is 0 Å². The molecule has 23 heavy (non-hydrogen) atoms. The van der Waals surface area contributed by atoms with Crippen molar-refractivity contribution in [1.82, 2.24) is 0 Å². The van der Waals surface area contributed by atoms with E-state index in [0.717, 1.165) is 5.22 Å². The van der Waals surface area contributed by atoms with Crippen molar-refractivity contribution in [2.75, 3.05) is 0 Å². The molecule has 0 unspecified atom stereocenters. The minimum atomic E-state index is 1.08. The summed E-state index contributed by atoms with van der Waals surface area (Å²) in [6.45, 7) is 15.1. The van der Waals surface area contributed by atoms with Crippen molar-refractivity contribution in [3.8, 4) is 0 Å². The maximum atomic E-state index is 4.14. The second kappa shape index (κ2) is 7.28. The van der Waals surface area contributed by atoms with Crippen molar-refractivity contribution >= 4 is 17.7 Å². The van der Waals surface area contributed by atoms with Crippen LogP contribution in [0, 0.1) is 6.92 Å². The Bertz CT molecular complexity index is 876. The molecule has 0 aliphatic heterocycles. The molecule has 0 spiro atoms. The molecule has 0 bridgehead atoms. The van der Waals surface area contributed by atoms with Crippen LogP contribution in [0.1, 0.15) is 38.8 Å². The summed E-state index contributed by atoms with van der Waals surface area (Å²) in [6, 6.07) is 16.9. The summed E-state index contributed by atoms with van der Waals surface area (Å²) >= 11 is 0. The minimum absolute atomic E-state index is 1.08. The molecule has 2 rings (SSSR count). The number of allylic oxidation sites excluding steroid dienone is 4.